The molecule has 12 nitrogen and oxygen atoms in total. The Labute approximate surface area is 249 Å². The topological polar surface area (TPSA) is 139 Å². The smallest absolute Gasteiger partial charge is 0.332 e. The largest absolute Gasteiger partial charge is 0.493 e. The number of aromatic nitrogens is 2. The van der Waals surface area contributed by atoms with E-state index in [1.54, 1.807) is 62.4 Å². The molecule has 0 aliphatic rings. The highest BCUT2D eigenvalue weighted by molar-refractivity contribution is 6.04. The molecular weight excluding hydrogens is 556 g/mol. The zero-order chi connectivity index (χ0) is 31.5. The standard InChI is InChI=1S/C31H36N4O8/c1-7-34-29(32-19-22(36)13-9-20-10-14-23(40-3)25(17-20)42-5)28(30(38)35(8-2)31(34)39)33-27(37)16-12-21-11-15-24(41-4)26(18-21)43-6/h9-18,32H,7-8,19H2,1-6H3,(H,33,37)/b13-9+,16-12+. The molecule has 0 aliphatic carbocycles. The van der Waals surface area contributed by atoms with Gasteiger partial charge in [-0.1, -0.05) is 18.2 Å². The van der Waals surface area contributed by atoms with E-state index in [4.69, 9.17) is 18.9 Å². The number of amides is 1. The molecule has 0 atom stereocenters. The summed E-state index contributed by atoms with van der Waals surface area (Å²) < 4.78 is 23.4. The fourth-order valence-electron chi connectivity index (χ4n) is 4.24. The van der Waals surface area contributed by atoms with Gasteiger partial charge in [0.1, 0.15) is 11.5 Å². The molecule has 0 fully saturated rings. The van der Waals surface area contributed by atoms with E-state index in [-0.39, 0.29) is 36.9 Å². The highest BCUT2D eigenvalue weighted by atomic mass is 16.5. The van der Waals surface area contributed by atoms with E-state index < -0.39 is 17.2 Å². The third-order valence-electron chi connectivity index (χ3n) is 6.44. The van der Waals surface area contributed by atoms with Gasteiger partial charge < -0.3 is 29.6 Å². The molecule has 1 heterocycles. The van der Waals surface area contributed by atoms with Crippen LogP contribution in [0, 0.1) is 0 Å². The van der Waals surface area contributed by atoms with Crippen molar-refractivity contribution >= 4 is 35.3 Å². The Morgan fingerprint density at radius 3 is 1.74 bits per heavy atom. The first-order valence-electron chi connectivity index (χ1n) is 13.5. The Hall–Kier alpha value is -5.26. The Kier molecular flexibility index (Phi) is 11.3. The summed E-state index contributed by atoms with van der Waals surface area (Å²) in [6.45, 7) is 3.40. The first kappa shape index (κ1) is 32.3. The molecule has 0 saturated carbocycles. The lowest BCUT2D eigenvalue weighted by Gasteiger charge is -2.18. The van der Waals surface area contributed by atoms with Crippen LogP contribution in [0.4, 0.5) is 11.5 Å². The number of carbonyl (C=O) groups excluding carboxylic acids is 2. The summed E-state index contributed by atoms with van der Waals surface area (Å²) in [4.78, 5) is 52.0. The van der Waals surface area contributed by atoms with E-state index in [0.717, 1.165) is 4.57 Å². The second-order valence-corrected chi connectivity index (χ2v) is 9.00. The van der Waals surface area contributed by atoms with Crippen molar-refractivity contribution in [2.45, 2.75) is 26.9 Å². The molecular formula is C31H36N4O8. The van der Waals surface area contributed by atoms with E-state index in [1.165, 1.54) is 45.2 Å². The van der Waals surface area contributed by atoms with E-state index in [1.807, 2.05) is 0 Å². The minimum absolute atomic E-state index is 0.0305. The summed E-state index contributed by atoms with van der Waals surface area (Å²) in [7, 11) is 6.07. The van der Waals surface area contributed by atoms with Gasteiger partial charge in [0.25, 0.3) is 5.56 Å². The predicted octanol–water partition coefficient (Wildman–Crippen LogP) is 3.43. The van der Waals surface area contributed by atoms with E-state index in [0.29, 0.717) is 34.1 Å². The molecule has 0 spiro atoms. The lowest BCUT2D eigenvalue weighted by Crippen LogP contribution is -2.42. The zero-order valence-corrected chi connectivity index (χ0v) is 25.1. The van der Waals surface area contributed by atoms with Crippen LogP contribution in [0.5, 0.6) is 23.0 Å². The monoisotopic (exact) mass is 592 g/mol. The lowest BCUT2D eigenvalue weighted by atomic mass is 10.1. The number of methoxy groups -OCH3 is 4. The maximum Gasteiger partial charge on any atom is 0.332 e. The van der Waals surface area contributed by atoms with Crippen LogP contribution in [0.1, 0.15) is 25.0 Å². The third kappa shape index (κ3) is 7.73. The zero-order valence-electron chi connectivity index (χ0n) is 25.1. The van der Waals surface area contributed by atoms with Crippen LogP contribution in [0.25, 0.3) is 12.2 Å². The fraction of sp³-hybridized carbons (Fsp3) is 0.290. The molecule has 0 unspecified atom stereocenters. The molecule has 1 aromatic heterocycles. The van der Waals surface area contributed by atoms with Gasteiger partial charge in [0, 0.05) is 19.2 Å². The second-order valence-electron chi connectivity index (χ2n) is 9.00. The Morgan fingerprint density at radius 1 is 0.744 bits per heavy atom. The molecule has 228 valence electrons. The Balaban J connectivity index is 1.87. The van der Waals surface area contributed by atoms with Gasteiger partial charge >= 0.3 is 5.69 Å². The average molecular weight is 593 g/mol. The molecule has 2 N–H and O–H groups in total. The highest BCUT2D eigenvalue weighted by Crippen LogP contribution is 2.29. The van der Waals surface area contributed by atoms with Crippen molar-refractivity contribution in [3.63, 3.8) is 0 Å². The number of ether oxygens (including phenoxy) is 4. The van der Waals surface area contributed by atoms with Gasteiger partial charge in [-0.2, -0.15) is 0 Å². The van der Waals surface area contributed by atoms with E-state index in [9.17, 15) is 19.2 Å². The van der Waals surface area contributed by atoms with Crippen LogP contribution in [-0.2, 0) is 22.7 Å². The van der Waals surface area contributed by atoms with Gasteiger partial charge in [0.2, 0.25) is 5.91 Å². The van der Waals surface area contributed by atoms with Crippen molar-refractivity contribution in [3.05, 3.63) is 80.5 Å². The maximum absolute atomic E-state index is 13.3. The number of anilines is 2. The van der Waals surface area contributed by atoms with Crippen LogP contribution < -0.4 is 40.8 Å². The lowest BCUT2D eigenvalue weighted by molar-refractivity contribution is -0.113. The van der Waals surface area contributed by atoms with Crippen LogP contribution in [0.15, 0.2) is 58.1 Å². The van der Waals surface area contributed by atoms with E-state index in [2.05, 4.69) is 10.6 Å². The second kappa shape index (κ2) is 15.1. The van der Waals surface area contributed by atoms with Crippen LogP contribution in [-0.4, -0.2) is 55.8 Å². The van der Waals surface area contributed by atoms with Crippen molar-refractivity contribution in [1.82, 2.24) is 9.13 Å². The average Bonchev–Trinajstić information content (AvgIpc) is 3.02. The summed E-state index contributed by atoms with van der Waals surface area (Å²) in [5.41, 5.74) is -0.0498. The summed E-state index contributed by atoms with van der Waals surface area (Å²) in [6, 6.07) is 10.3. The molecule has 12 heteroatoms. The summed E-state index contributed by atoms with van der Waals surface area (Å²) >= 11 is 0. The number of ketones is 1. The molecule has 0 radical (unpaired) electrons. The quantitative estimate of drug-likeness (QED) is 0.270. The molecule has 0 bridgehead atoms. The first-order valence-corrected chi connectivity index (χ1v) is 13.5. The SMILES string of the molecule is CCn1c(NCC(=O)/C=C/c2ccc(OC)c(OC)c2)c(NC(=O)/C=C/c2ccc(OC)c(OC)c2)c(=O)n(CC)c1=O. The van der Waals surface area contributed by atoms with Crippen LogP contribution in [0.2, 0.25) is 0 Å². The third-order valence-corrected chi connectivity index (χ3v) is 6.44. The minimum Gasteiger partial charge on any atom is -0.493 e. The molecule has 3 aromatic rings. The molecule has 43 heavy (non-hydrogen) atoms. The highest BCUT2D eigenvalue weighted by Gasteiger charge is 2.20. The number of carbonyl (C=O) groups is 2. The minimum atomic E-state index is -0.694. The number of rotatable bonds is 14. The van der Waals surface area contributed by atoms with Crippen molar-refractivity contribution in [2.75, 3.05) is 45.6 Å². The van der Waals surface area contributed by atoms with Crippen molar-refractivity contribution < 1.29 is 28.5 Å². The van der Waals surface area contributed by atoms with E-state index >= 15 is 0 Å². The molecule has 3 rings (SSSR count). The van der Waals surface area contributed by atoms with Crippen LogP contribution >= 0.6 is 0 Å². The van der Waals surface area contributed by atoms with Gasteiger partial charge in [-0.25, -0.2) is 4.79 Å². The van der Waals surface area contributed by atoms with Crippen molar-refractivity contribution in [1.29, 1.82) is 0 Å². The Bertz CT molecular complexity index is 1650. The number of hydrogen-bond acceptors (Lipinski definition) is 9. The maximum atomic E-state index is 13.3. The van der Waals surface area contributed by atoms with Crippen molar-refractivity contribution in [3.8, 4) is 23.0 Å². The molecule has 2 aromatic carbocycles. The number of nitrogens with zero attached hydrogens (tertiary/aromatic N) is 2. The van der Waals surface area contributed by atoms with Gasteiger partial charge in [0.15, 0.2) is 28.8 Å². The van der Waals surface area contributed by atoms with Crippen molar-refractivity contribution in [2.24, 2.45) is 0 Å². The van der Waals surface area contributed by atoms with Crippen LogP contribution in [0.3, 0.4) is 0 Å². The van der Waals surface area contributed by atoms with Gasteiger partial charge in [-0.05, 0) is 61.4 Å². The van der Waals surface area contributed by atoms with Gasteiger partial charge in [0.05, 0.1) is 35.0 Å². The normalized spacial score (nSPS) is 11.0. The summed E-state index contributed by atoms with van der Waals surface area (Å²) in [5, 5.41) is 5.47. The summed E-state index contributed by atoms with van der Waals surface area (Å²) in [6.07, 6.45) is 5.76. The first-order chi connectivity index (χ1) is 20.7. The molecule has 1 amide bonds. The Morgan fingerprint density at radius 2 is 1.26 bits per heavy atom. The molecule has 0 saturated heterocycles. The fourth-order valence-corrected chi connectivity index (χ4v) is 4.24. The van der Waals surface area contributed by atoms with Gasteiger partial charge in [-0.15, -0.1) is 0 Å². The predicted molar refractivity (Wildman–Crippen MR) is 166 cm³/mol. The molecule has 0 aliphatic heterocycles. The number of benzene rings is 2. The summed E-state index contributed by atoms with van der Waals surface area (Å²) in [5.74, 6) is 1.17. The number of hydrogen-bond donors (Lipinski definition) is 2. The number of nitrogens with one attached hydrogen (secondary N) is 2. The van der Waals surface area contributed by atoms with Gasteiger partial charge in [-0.3, -0.25) is 23.5 Å².